The van der Waals surface area contributed by atoms with E-state index in [0.717, 1.165) is 18.4 Å². The highest BCUT2D eigenvalue weighted by Crippen LogP contribution is 2.19. The minimum absolute atomic E-state index is 0.0351. The molecule has 0 aromatic heterocycles. The summed E-state index contributed by atoms with van der Waals surface area (Å²) in [6, 6.07) is 7.59. The zero-order chi connectivity index (χ0) is 17.3. The zero-order valence-corrected chi connectivity index (χ0v) is 14.1. The van der Waals surface area contributed by atoms with E-state index in [-0.39, 0.29) is 11.9 Å². The van der Waals surface area contributed by atoms with Crippen LogP contribution in [0.5, 0.6) is 0 Å². The number of piperazine rings is 1. The van der Waals surface area contributed by atoms with Gasteiger partial charge in [0.25, 0.3) is 5.91 Å². The molecule has 0 radical (unpaired) electrons. The van der Waals surface area contributed by atoms with Crippen molar-refractivity contribution >= 4 is 17.7 Å². The van der Waals surface area contributed by atoms with Crippen LogP contribution in [0.2, 0.25) is 0 Å². The van der Waals surface area contributed by atoms with E-state index in [2.05, 4.69) is 5.32 Å². The summed E-state index contributed by atoms with van der Waals surface area (Å²) in [6.07, 6.45) is 2.12. The lowest BCUT2D eigenvalue weighted by atomic mass is 10.1. The normalized spacial score (nSPS) is 18.3. The summed E-state index contributed by atoms with van der Waals surface area (Å²) < 4.78 is 0. The second-order valence-electron chi connectivity index (χ2n) is 6.76. The zero-order valence-electron chi connectivity index (χ0n) is 14.1. The monoisotopic (exact) mass is 329 g/mol. The van der Waals surface area contributed by atoms with Crippen molar-refractivity contribution in [1.82, 2.24) is 15.1 Å². The van der Waals surface area contributed by atoms with Gasteiger partial charge in [0, 0.05) is 37.3 Å². The molecule has 2 aliphatic rings. The average molecular weight is 329 g/mol. The molecule has 0 spiro atoms. The van der Waals surface area contributed by atoms with Gasteiger partial charge in [-0.1, -0.05) is 12.1 Å². The number of carbonyl (C=O) groups excluding carboxylic acids is 3. The van der Waals surface area contributed by atoms with Crippen molar-refractivity contribution in [1.29, 1.82) is 0 Å². The van der Waals surface area contributed by atoms with Crippen LogP contribution >= 0.6 is 0 Å². The van der Waals surface area contributed by atoms with Crippen LogP contribution in [0, 0.1) is 0 Å². The van der Waals surface area contributed by atoms with Gasteiger partial charge in [-0.25, -0.2) is 0 Å². The Bertz CT molecular complexity index is 650. The molecule has 1 aromatic rings. The minimum atomic E-state index is -0.453. The van der Waals surface area contributed by atoms with Gasteiger partial charge in [-0.3, -0.25) is 14.4 Å². The number of benzene rings is 1. The highest BCUT2D eigenvalue weighted by molar-refractivity contribution is 6.35. The Morgan fingerprint density at radius 1 is 1.12 bits per heavy atom. The molecule has 0 unspecified atom stereocenters. The van der Waals surface area contributed by atoms with Crippen LogP contribution in [0.25, 0.3) is 0 Å². The summed E-state index contributed by atoms with van der Waals surface area (Å²) in [7, 11) is 0. The lowest BCUT2D eigenvalue weighted by molar-refractivity contribution is -0.157. The van der Waals surface area contributed by atoms with E-state index in [4.69, 9.17) is 0 Å². The predicted molar refractivity (Wildman–Crippen MR) is 89.2 cm³/mol. The first-order valence-corrected chi connectivity index (χ1v) is 8.45. The van der Waals surface area contributed by atoms with Crippen LogP contribution in [-0.4, -0.2) is 52.7 Å². The van der Waals surface area contributed by atoms with Gasteiger partial charge < -0.3 is 15.1 Å². The second kappa shape index (κ2) is 6.63. The Balaban J connectivity index is 1.60. The lowest BCUT2D eigenvalue weighted by Crippen LogP contribution is -2.55. The number of hydrogen-bond donors (Lipinski definition) is 1. The maximum Gasteiger partial charge on any atom is 0.312 e. The van der Waals surface area contributed by atoms with Gasteiger partial charge >= 0.3 is 11.8 Å². The molecule has 128 valence electrons. The molecule has 1 saturated carbocycles. The highest BCUT2D eigenvalue weighted by atomic mass is 16.2. The molecule has 1 aromatic carbocycles. The molecular weight excluding hydrogens is 306 g/mol. The van der Waals surface area contributed by atoms with E-state index in [9.17, 15) is 14.4 Å². The van der Waals surface area contributed by atoms with Gasteiger partial charge in [0.15, 0.2) is 0 Å². The number of rotatable bonds is 5. The molecule has 1 saturated heterocycles. The molecule has 3 amide bonds. The number of carbonyl (C=O) groups is 3. The van der Waals surface area contributed by atoms with Crippen LogP contribution in [-0.2, 0) is 16.1 Å². The van der Waals surface area contributed by atoms with E-state index >= 15 is 0 Å². The molecule has 0 bridgehead atoms. The first kappa shape index (κ1) is 16.5. The van der Waals surface area contributed by atoms with Gasteiger partial charge in [0.1, 0.15) is 0 Å². The lowest BCUT2D eigenvalue weighted by Gasteiger charge is -2.36. The molecule has 6 nitrogen and oxygen atoms in total. The summed E-state index contributed by atoms with van der Waals surface area (Å²) in [5.74, 6) is -0.942. The summed E-state index contributed by atoms with van der Waals surface area (Å²) in [6.45, 7) is 5.30. The molecular formula is C18H23N3O3. The summed E-state index contributed by atoms with van der Waals surface area (Å²) in [4.78, 5) is 39.5. The Morgan fingerprint density at radius 3 is 2.38 bits per heavy atom. The van der Waals surface area contributed by atoms with Crippen molar-refractivity contribution in [2.75, 3.05) is 13.1 Å². The molecule has 1 heterocycles. The summed E-state index contributed by atoms with van der Waals surface area (Å²) in [5.41, 5.74) is 1.54. The molecule has 0 atom stereocenters. The largest absolute Gasteiger partial charge is 0.349 e. The molecule has 1 aliphatic heterocycles. The van der Waals surface area contributed by atoms with Gasteiger partial charge in [0.05, 0.1) is 0 Å². The number of hydrogen-bond acceptors (Lipinski definition) is 3. The first-order chi connectivity index (χ1) is 11.5. The number of amides is 3. The minimum Gasteiger partial charge on any atom is -0.349 e. The van der Waals surface area contributed by atoms with Gasteiger partial charge in [-0.2, -0.15) is 0 Å². The Hall–Kier alpha value is -2.37. The topological polar surface area (TPSA) is 69.7 Å². The fraction of sp³-hybridized carbons (Fsp3) is 0.500. The van der Waals surface area contributed by atoms with E-state index in [1.54, 1.807) is 21.9 Å². The third kappa shape index (κ3) is 3.58. The van der Waals surface area contributed by atoms with E-state index in [1.807, 2.05) is 26.0 Å². The quantitative estimate of drug-likeness (QED) is 0.824. The smallest absolute Gasteiger partial charge is 0.312 e. The number of nitrogens with one attached hydrogen (secondary N) is 1. The van der Waals surface area contributed by atoms with Crippen LogP contribution < -0.4 is 5.32 Å². The molecule has 1 N–H and O–H groups in total. The van der Waals surface area contributed by atoms with E-state index in [0.29, 0.717) is 31.2 Å². The van der Waals surface area contributed by atoms with Crippen molar-refractivity contribution in [2.24, 2.45) is 0 Å². The van der Waals surface area contributed by atoms with Crippen LogP contribution in [0.1, 0.15) is 42.6 Å². The maximum atomic E-state index is 12.2. The van der Waals surface area contributed by atoms with Crippen LogP contribution in [0.15, 0.2) is 24.3 Å². The molecule has 2 fully saturated rings. The fourth-order valence-electron chi connectivity index (χ4n) is 2.81. The summed E-state index contributed by atoms with van der Waals surface area (Å²) in [5, 5.41) is 2.95. The predicted octanol–water partition coefficient (Wildman–Crippen LogP) is 1.16. The molecule has 6 heteroatoms. The van der Waals surface area contributed by atoms with Crippen LogP contribution in [0.4, 0.5) is 0 Å². The molecule has 24 heavy (non-hydrogen) atoms. The van der Waals surface area contributed by atoms with E-state index < -0.39 is 11.8 Å². The van der Waals surface area contributed by atoms with Gasteiger partial charge in [-0.15, -0.1) is 0 Å². The SMILES string of the molecule is CC(C)N1CCN(Cc2ccc(C(=O)NC3CC3)cc2)C(=O)C1=O. The maximum absolute atomic E-state index is 12.2. The Morgan fingerprint density at radius 2 is 1.79 bits per heavy atom. The van der Waals surface area contributed by atoms with Gasteiger partial charge in [0.2, 0.25) is 0 Å². The summed E-state index contributed by atoms with van der Waals surface area (Å²) >= 11 is 0. The van der Waals surface area contributed by atoms with Crippen molar-refractivity contribution in [2.45, 2.75) is 45.3 Å². The van der Waals surface area contributed by atoms with Crippen molar-refractivity contribution in [3.05, 3.63) is 35.4 Å². The third-order valence-corrected chi connectivity index (χ3v) is 4.47. The van der Waals surface area contributed by atoms with Crippen molar-refractivity contribution in [3.8, 4) is 0 Å². The highest BCUT2D eigenvalue weighted by Gasteiger charge is 2.33. The van der Waals surface area contributed by atoms with Crippen molar-refractivity contribution in [3.63, 3.8) is 0 Å². The third-order valence-electron chi connectivity index (χ3n) is 4.47. The average Bonchev–Trinajstić information content (AvgIpc) is 3.36. The second-order valence-corrected chi connectivity index (χ2v) is 6.76. The Kier molecular flexibility index (Phi) is 4.55. The fourth-order valence-corrected chi connectivity index (χ4v) is 2.81. The van der Waals surface area contributed by atoms with Gasteiger partial charge in [-0.05, 0) is 44.4 Å². The van der Waals surface area contributed by atoms with E-state index in [1.165, 1.54) is 0 Å². The number of nitrogens with zero attached hydrogens (tertiary/aromatic N) is 2. The van der Waals surface area contributed by atoms with Crippen LogP contribution in [0.3, 0.4) is 0 Å². The molecule has 1 aliphatic carbocycles. The standard InChI is InChI=1S/C18H23N3O3/c1-12(2)21-10-9-20(17(23)18(21)24)11-13-3-5-14(6-4-13)16(22)19-15-7-8-15/h3-6,12,15H,7-11H2,1-2H3,(H,19,22). The molecule has 3 rings (SSSR count). The Labute approximate surface area is 141 Å². The first-order valence-electron chi connectivity index (χ1n) is 8.45. The van der Waals surface area contributed by atoms with Crippen molar-refractivity contribution < 1.29 is 14.4 Å².